The van der Waals surface area contributed by atoms with Crippen LogP contribution in [0.25, 0.3) is 11.6 Å². The van der Waals surface area contributed by atoms with Gasteiger partial charge in [0, 0.05) is 17.8 Å². The van der Waals surface area contributed by atoms with Gasteiger partial charge in [-0.1, -0.05) is 11.8 Å². The van der Waals surface area contributed by atoms with E-state index in [2.05, 4.69) is 15.5 Å². The Morgan fingerprint density at radius 3 is 2.52 bits per heavy atom. The zero-order valence-electron chi connectivity index (χ0n) is 16.9. The van der Waals surface area contributed by atoms with Crippen LogP contribution in [0.5, 0.6) is 0 Å². The zero-order valence-corrected chi connectivity index (χ0v) is 17.7. The number of thioether (sulfide) groups is 1. The van der Waals surface area contributed by atoms with Gasteiger partial charge >= 0.3 is 6.09 Å². The Morgan fingerprint density at radius 2 is 1.94 bits per heavy atom. The number of non-ortho nitro benzene ring substituents is 1. The highest BCUT2D eigenvalue weighted by Crippen LogP contribution is 2.26. The first-order chi connectivity index (χ1) is 14.6. The standard InChI is InChI=1S/C19H19N5O6S/c1-19(2,3)30-18(26)23-16(14-5-4-10-29-14)21-22-17(23)31-11-15(25)20-12-6-8-13(9-7-12)24(27)28/h4-10H,11H2,1-3H3,(H,20,25). The molecule has 3 rings (SSSR count). The van der Waals surface area contributed by atoms with Crippen LogP contribution >= 0.6 is 11.8 Å². The Kier molecular flexibility index (Phi) is 6.39. The Balaban J connectivity index is 1.74. The van der Waals surface area contributed by atoms with Crippen LogP contribution in [0.15, 0.2) is 52.2 Å². The van der Waals surface area contributed by atoms with E-state index in [0.717, 1.165) is 16.3 Å². The number of furan rings is 1. The summed E-state index contributed by atoms with van der Waals surface area (Å²) < 4.78 is 11.9. The van der Waals surface area contributed by atoms with Crippen LogP contribution in [0.1, 0.15) is 20.8 Å². The lowest BCUT2D eigenvalue weighted by molar-refractivity contribution is -0.384. The lowest BCUT2D eigenvalue weighted by atomic mass is 10.2. The summed E-state index contributed by atoms with van der Waals surface area (Å²) in [7, 11) is 0. The minimum absolute atomic E-state index is 0.0803. The maximum Gasteiger partial charge on any atom is 0.422 e. The molecule has 2 aromatic heterocycles. The van der Waals surface area contributed by atoms with Crippen molar-refractivity contribution in [2.24, 2.45) is 0 Å². The topological polar surface area (TPSA) is 142 Å². The zero-order chi connectivity index (χ0) is 22.6. The number of aromatic nitrogens is 3. The van der Waals surface area contributed by atoms with Crippen molar-refractivity contribution in [3.05, 3.63) is 52.8 Å². The maximum absolute atomic E-state index is 12.7. The van der Waals surface area contributed by atoms with Crippen LogP contribution in [0.4, 0.5) is 16.2 Å². The molecule has 3 aromatic rings. The van der Waals surface area contributed by atoms with E-state index >= 15 is 0 Å². The molecule has 0 aliphatic heterocycles. The molecule has 0 spiro atoms. The van der Waals surface area contributed by atoms with Crippen molar-refractivity contribution in [3.63, 3.8) is 0 Å². The van der Waals surface area contributed by atoms with Crippen LogP contribution < -0.4 is 5.32 Å². The van der Waals surface area contributed by atoms with Crippen molar-refractivity contribution >= 4 is 35.1 Å². The minimum atomic E-state index is -0.753. The van der Waals surface area contributed by atoms with Gasteiger partial charge in [0.25, 0.3) is 5.69 Å². The van der Waals surface area contributed by atoms with Crippen molar-refractivity contribution in [2.75, 3.05) is 11.1 Å². The number of amides is 1. The second-order valence-electron chi connectivity index (χ2n) is 7.24. The van der Waals surface area contributed by atoms with Gasteiger partial charge in [-0.3, -0.25) is 14.9 Å². The van der Waals surface area contributed by atoms with Crippen molar-refractivity contribution in [1.82, 2.24) is 14.8 Å². The Bertz CT molecular complexity index is 1090. The predicted molar refractivity (Wildman–Crippen MR) is 112 cm³/mol. The van der Waals surface area contributed by atoms with E-state index in [-0.39, 0.29) is 22.4 Å². The minimum Gasteiger partial charge on any atom is -0.461 e. The SMILES string of the molecule is CC(C)(C)OC(=O)n1c(SCC(=O)Nc2ccc([N+](=O)[O-])cc2)nnc1-c1ccco1. The molecule has 1 N–H and O–H groups in total. The Morgan fingerprint density at radius 1 is 1.23 bits per heavy atom. The van der Waals surface area contributed by atoms with Crippen molar-refractivity contribution in [1.29, 1.82) is 0 Å². The first-order valence-corrected chi connectivity index (χ1v) is 10.0. The van der Waals surface area contributed by atoms with Gasteiger partial charge in [-0.2, -0.15) is 0 Å². The van der Waals surface area contributed by atoms with Gasteiger partial charge in [-0.25, -0.2) is 9.36 Å². The van der Waals surface area contributed by atoms with E-state index in [1.54, 1.807) is 32.9 Å². The Labute approximate surface area is 180 Å². The average molecular weight is 445 g/mol. The lowest BCUT2D eigenvalue weighted by Crippen LogP contribution is -2.28. The highest BCUT2D eigenvalue weighted by molar-refractivity contribution is 7.99. The molecule has 0 fully saturated rings. The highest BCUT2D eigenvalue weighted by Gasteiger charge is 2.27. The third-order valence-electron chi connectivity index (χ3n) is 3.65. The molecular weight excluding hydrogens is 426 g/mol. The number of benzene rings is 1. The molecule has 0 unspecified atom stereocenters. The van der Waals surface area contributed by atoms with Gasteiger partial charge in [0.05, 0.1) is 16.9 Å². The fourth-order valence-electron chi connectivity index (χ4n) is 2.39. The van der Waals surface area contributed by atoms with Crippen molar-refractivity contribution < 1.29 is 23.7 Å². The molecule has 0 aliphatic carbocycles. The van der Waals surface area contributed by atoms with Gasteiger partial charge in [0.15, 0.2) is 5.76 Å². The number of ether oxygens (including phenoxy) is 1. The summed E-state index contributed by atoms with van der Waals surface area (Å²) in [6.45, 7) is 5.19. The first kappa shape index (κ1) is 22.0. The number of nitro groups is 1. The smallest absolute Gasteiger partial charge is 0.422 e. The fourth-order valence-corrected chi connectivity index (χ4v) is 3.12. The van der Waals surface area contributed by atoms with Crippen LogP contribution in [0.3, 0.4) is 0 Å². The number of nitrogens with one attached hydrogen (secondary N) is 1. The molecule has 0 saturated heterocycles. The molecule has 1 amide bonds. The van der Waals surface area contributed by atoms with Crippen LogP contribution in [0, 0.1) is 10.1 Å². The molecular formula is C19H19N5O6S. The fraction of sp³-hybridized carbons (Fsp3) is 0.263. The number of hydrogen-bond donors (Lipinski definition) is 1. The molecule has 0 saturated carbocycles. The molecule has 2 heterocycles. The van der Waals surface area contributed by atoms with Gasteiger partial charge in [-0.05, 0) is 45.0 Å². The highest BCUT2D eigenvalue weighted by atomic mass is 32.2. The summed E-state index contributed by atoms with van der Waals surface area (Å²) in [5.41, 5.74) is -0.429. The third kappa shape index (κ3) is 5.69. The second-order valence-corrected chi connectivity index (χ2v) is 8.18. The Hall–Kier alpha value is -3.67. The number of anilines is 1. The van der Waals surface area contributed by atoms with E-state index < -0.39 is 22.5 Å². The summed E-state index contributed by atoms with van der Waals surface area (Å²) in [6, 6.07) is 8.71. The number of carbonyl (C=O) groups excluding carboxylic acids is 2. The summed E-state index contributed by atoms with van der Waals surface area (Å²) in [4.78, 5) is 35.2. The molecule has 0 atom stereocenters. The molecule has 0 bridgehead atoms. The van der Waals surface area contributed by atoms with E-state index in [4.69, 9.17) is 9.15 Å². The maximum atomic E-state index is 12.7. The van der Waals surface area contributed by atoms with Gasteiger partial charge in [-0.15, -0.1) is 10.2 Å². The number of carbonyl (C=O) groups is 2. The summed E-state index contributed by atoms with van der Waals surface area (Å²) in [5, 5.41) is 21.5. The monoisotopic (exact) mass is 445 g/mol. The first-order valence-electron chi connectivity index (χ1n) is 9.04. The molecule has 1 aromatic carbocycles. The number of hydrogen-bond acceptors (Lipinski definition) is 9. The van der Waals surface area contributed by atoms with E-state index in [0.29, 0.717) is 11.4 Å². The molecule has 31 heavy (non-hydrogen) atoms. The number of nitro benzene ring substituents is 1. The summed E-state index contributed by atoms with van der Waals surface area (Å²) in [6.07, 6.45) is 0.732. The van der Waals surface area contributed by atoms with E-state index in [9.17, 15) is 19.7 Å². The molecule has 162 valence electrons. The number of nitrogens with zero attached hydrogens (tertiary/aromatic N) is 4. The molecule has 12 heteroatoms. The van der Waals surface area contributed by atoms with E-state index in [1.165, 1.54) is 30.5 Å². The van der Waals surface area contributed by atoms with Crippen LogP contribution in [-0.4, -0.2) is 43.0 Å². The van der Waals surface area contributed by atoms with E-state index in [1.807, 2.05) is 0 Å². The largest absolute Gasteiger partial charge is 0.461 e. The average Bonchev–Trinajstić information content (AvgIpc) is 3.35. The van der Waals surface area contributed by atoms with Crippen molar-refractivity contribution in [2.45, 2.75) is 31.5 Å². The van der Waals surface area contributed by atoms with Gasteiger partial charge < -0.3 is 14.5 Å². The van der Waals surface area contributed by atoms with Crippen LogP contribution in [0.2, 0.25) is 0 Å². The molecule has 0 aliphatic rings. The second kappa shape index (κ2) is 9.00. The normalized spacial score (nSPS) is 11.2. The summed E-state index contributed by atoms with van der Waals surface area (Å²) in [5.74, 6) is -0.00833. The third-order valence-corrected chi connectivity index (χ3v) is 4.57. The predicted octanol–water partition coefficient (Wildman–Crippen LogP) is 3.96. The van der Waals surface area contributed by atoms with Crippen LogP contribution in [-0.2, 0) is 9.53 Å². The molecule has 0 radical (unpaired) electrons. The molecule has 11 nitrogen and oxygen atoms in total. The van der Waals surface area contributed by atoms with Gasteiger partial charge in [0.1, 0.15) is 5.60 Å². The number of rotatable bonds is 6. The van der Waals surface area contributed by atoms with Gasteiger partial charge in [0.2, 0.25) is 16.9 Å². The quantitative estimate of drug-likeness (QED) is 0.339. The lowest BCUT2D eigenvalue weighted by Gasteiger charge is -2.20. The summed E-state index contributed by atoms with van der Waals surface area (Å²) >= 11 is 0.981. The van der Waals surface area contributed by atoms with Crippen molar-refractivity contribution in [3.8, 4) is 11.6 Å².